The molecule has 0 saturated carbocycles. The molecule has 0 radical (unpaired) electrons. The highest BCUT2D eigenvalue weighted by Gasteiger charge is 2.20. The molecule has 0 bridgehead atoms. The molecule has 1 aromatic heterocycles. The van der Waals surface area contributed by atoms with Gasteiger partial charge in [0.25, 0.3) is 0 Å². The predicted molar refractivity (Wildman–Crippen MR) is 183 cm³/mol. The Balaban J connectivity index is 1.58. The number of rotatable bonds is 3. The molecule has 0 amide bonds. The normalized spacial score (nSPS) is 17.6. The van der Waals surface area contributed by atoms with Crippen molar-refractivity contribution in [1.82, 2.24) is 0 Å². The van der Waals surface area contributed by atoms with Gasteiger partial charge in [0.15, 0.2) is 0 Å². The summed E-state index contributed by atoms with van der Waals surface area (Å²) in [7, 11) is 0. The first-order chi connectivity index (χ1) is 28.8. The van der Waals surface area contributed by atoms with Gasteiger partial charge in [0.05, 0.1) is 24.7 Å². The number of furan rings is 1. The number of benzene rings is 8. The molecule has 8 aromatic carbocycles. The molecular weight excluding hydrogens is 520 g/mol. The largest absolute Gasteiger partial charge is 0.455 e. The maximum absolute atomic E-state index is 9.96. The van der Waals surface area contributed by atoms with E-state index in [2.05, 4.69) is 0 Å². The first-order valence-electron chi connectivity index (χ1n) is 22.3. The second-order valence-corrected chi connectivity index (χ2v) is 9.85. The summed E-state index contributed by atoms with van der Waals surface area (Å²) in [5.74, 6) is 0. The average molecular weight is 565 g/mol. The Labute approximate surface area is 274 Å². The molecule has 0 unspecified atom stereocenters. The van der Waals surface area contributed by atoms with Gasteiger partial charge in [-0.25, -0.2) is 0 Å². The Kier molecular flexibility index (Phi) is 2.70. The Hall–Kier alpha value is -5.66. The average Bonchev–Trinajstić information content (AvgIpc) is 3.66. The third-order valence-electron chi connectivity index (χ3n) is 7.49. The molecule has 200 valence electrons. The van der Waals surface area contributed by atoms with Crippen molar-refractivity contribution in [2.45, 2.75) is 0 Å². The van der Waals surface area contributed by atoms with Crippen LogP contribution in [0.25, 0.3) is 87.6 Å². The maximum atomic E-state index is 9.96. The molecule has 0 saturated heterocycles. The van der Waals surface area contributed by atoms with E-state index in [-0.39, 0.29) is 49.4 Å². The standard InChI is InChI=1S/C42H26O/c1-3-13-27(14-4-1)36-24-31(25-38-37-23-29-17-7-8-18-30(29)26-39(37)43-42(36)38)41-34-21-11-9-19-32(34)40(28-15-5-2-6-16-28)33-20-10-12-22-35(33)41/h1-26H/i1D,2D,3D,4D,5D,6D,7D,8D,13D,14D,15D,16D,17D,18D,23D,24D,25D,26D. The number of hydrogen-bond donors (Lipinski definition) is 0. The molecule has 0 N–H and O–H groups in total. The van der Waals surface area contributed by atoms with Crippen LogP contribution >= 0.6 is 0 Å². The van der Waals surface area contributed by atoms with Gasteiger partial charge >= 0.3 is 0 Å². The summed E-state index contributed by atoms with van der Waals surface area (Å²) in [4.78, 5) is 0. The minimum Gasteiger partial charge on any atom is -0.455 e. The van der Waals surface area contributed by atoms with Gasteiger partial charge < -0.3 is 4.42 Å². The smallest absolute Gasteiger partial charge is 0.143 e. The van der Waals surface area contributed by atoms with Crippen molar-refractivity contribution < 1.29 is 29.1 Å². The van der Waals surface area contributed by atoms with Crippen LogP contribution < -0.4 is 0 Å². The van der Waals surface area contributed by atoms with Crippen LogP contribution in [0.4, 0.5) is 0 Å². The molecule has 0 aliphatic rings. The van der Waals surface area contributed by atoms with Crippen molar-refractivity contribution in [1.29, 1.82) is 0 Å². The molecule has 0 aliphatic carbocycles. The third kappa shape index (κ3) is 3.72. The molecule has 9 aromatic rings. The fourth-order valence-electron chi connectivity index (χ4n) is 5.73. The van der Waals surface area contributed by atoms with Gasteiger partial charge in [-0.05, 0) is 84.3 Å². The van der Waals surface area contributed by atoms with Gasteiger partial charge in [0, 0.05) is 16.3 Å². The van der Waals surface area contributed by atoms with Gasteiger partial charge in [-0.15, -0.1) is 0 Å². The van der Waals surface area contributed by atoms with Crippen LogP contribution in [-0.2, 0) is 0 Å². The lowest BCUT2D eigenvalue weighted by molar-refractivity contribution is 0.670. The molecular formula is C42H26O. The van der Waals surface area contributed by atoms with Crippen molar-refractivity contribution >= 4 is 54.3 Å². The summed E-state index contributed by atoms with van der Waals surface area (Å²) in [6.07, 6.45) is 0. The van der Waals surface area contributed by atoms with Gasteiger partial charge in [-0.2, -0.15) is 0 Å². The molecule has 1 heterocycles. The Morgan fingerprint density at radius 3 is 1.53 bits per heavy atom. The lowest BCUT2D eigenvalue weighted by atomic mass is 9.85. The van der Waals surface area contributed by atoms with Crippen molar-refractivity contribution in [2.24, 2.45) is 0 Å². The molecule has 0 aliphatic heterocycles. The third-order valence-corrected chi connectivity index (χ3v) is 7.49. The second-order valence-electron chi connectivity index (χ2n) is 9.85. The SMILES string of the molecule is [2H]c1c([2H])c([2H])c(-c2c3ccccc3c(-c3c([2H])c(-c4c([2H])c([2H])c([2H])c([2H])c4[2H])c4oc5c([2H])c6c([2H])c([2H])c([2H])c([2H])c6c([2H])c5c4c3[2H])c3ccccc23)c([2H])c1[2H]. The van der Waals surface area contributed by atoms with E-state index in [1.807, 2.05) is 0 Å². The van der Waals surface area contributed by atoms with E-state index in [9.17, 15) is 5.48 Å². The monoisotopic (exact) mass is 564 g/mol. The zero-order valence-corrected chi connectivity index (χ0v) is 22.0. The van der Waals surface area contributed by atoms with Crippen LogP contribution in [0.1, 0.15) is 24.7 Å². The summed E-state index contributed by atoms with van der Waals surface area (Å²) >= 11 is 0. The summed E-state index contributed by atoms with van der Waals surface area (Å²) in [5, 5.41) is 0.195. The number of hydrogen-bond acceptors (Lipinski definition) is 1. The van der Waals surface area contributed by atoms with E-state index in [0.29, 0.717) is 21.5 Å². The Morgan fingerprint density at radius 1 is 0.419 bits per heavy atom. The summed E-state index contributed by atoms with van der Waals surface area (Å²) < 4.78 is 165. The summed E-state index contributed by atoms with van der Waals surface area (Å²) in [6, 6.07) is 2.28. The van der Waals surface area contributed by atoms with Crippen LogP contribution in [0.5, 0.6) is 0 Å². The molecule has 1 heteroatoms. The Bertz CT molecular complexity index is 3400. The maximum Gasteiger partial charge on any atom is 0.143 e. The highest BCUT2D eigenvalue weighted by molar-refractivity contribution is 6.23. The zero-order chi connectivity index (χ0) is 44.0. The molecule has 0 fully saturated rings. The van der Waals surface area contributed by atoms with Crippen LogP contribution in [0.15, 0.2) is 162 Å². The minimum atomic E-state index is -0.744. The van der Waals surface area contributed by atoms with Crippen LogP contribution in [0.3, 0.4) is 0 Å². The van der Waals surface area contributed by atoms with Crippen molar-refractivity contribution in [3.05, 3.63) is 157 Å². The van der Waals surface area contributed by atoms with Crippen molar-refractivity contribution in [2.75, 3.05) is 0 Å². The zero-order valence-electron chi connectivity index (χ0n) is 40.0. The molecule has 1 nitrogen and oxygen atoms in total. The molecule has 0 atom stereocenters. The Morgan fingerprint density at radius 2 is 0.930 bits per heavy atom. The fraction of sp³-hybridized carbons (Fsp3) is 0. The summed E-state index contributed by atoms with van der Waals surface area (Å²) in [5.41, 5.74) is -1.50. The summed E-state index contributed by atoms with van der Waals surface area (Å²) in [6.45, 7) is 0. The molecule has 0 spiro atoms. The van der Waals surface area contributed by atoms with E-state index in [1.54, 1.807) is 48.5 Å². The lowest BCUT2D eigenvalue weighted by Crippen LogP contribution is -1.91. The predicted octanol–water partition coefficient (Wildman–Crippen LogP) is 12.0. The van der Waals surface area contributed by atoms with E-state index >= 15 is 0 Å². The van der Waals surface area contributed by atoms with Crippen LogP contribution in [-0.4, -0.2) is 0 Å². The number of fused-ring (bicyclic) bond motifs is 6. The van der Waals surface area contributed by atoms with Crippen molar-refractivity contribution in [3.8, 4) is 33.4 Å². The highest BCUT2D eigenvalue weighted by Crippen LogP contribution is 2.46. The first kappa shape index (κ1) is 12.3. The van der Waals surface area contributed by atoms with Gasteiger partial charge in [-0.3, -0.25) is 0 Å². The molecule has 43 heavy (non-hydrogen) atoms. The topological polar surface area (TPSA) is 13.1 Å². The van der Waals surface area contributed by atoms with Gasteiger partial charge in [-0.1, -0.05) is 133 Å². The first-order valence-corrected chi connectivity index (χ1v) is 13.3. The van der Waals surface area contributed by atoms with E-state index in [4.69, 9.17) is 23.6 Å². The fourth-order valence-corrected chi connectivity index (χ4v) is 5.73. The van der Waals surface area contributed by atoms with Gasteiger partial charge in [0.1, 0.15) is 11.2 Å². The lowest BCUT2D eigenvalue weighted by Gasteiger charge is -2.18. The van der Waals surface area contributed by atoms with Crippen molar-refractivity contribution in [3.63, 3.8) is 0 Å². The highest BCUT2D eigenvalue weighted by atomic mass is 16.3. The molecule has 9 rings (SSSR count). The van der Waals surface area contributed by atoms with Crippen LogP contribution in [0.2, 0.25) is 0 Å². The second kappa shape index (κ2) is 9.44. The minimum absolute atomic E-state index is 0.100. The van der Waals surface area contributed by atoms with E-state index in [1.165, 1.54) is 0 Å². The quantitative estimate of drug-likeness (QED) is 0.195. The van der Waals surface area contributed by atoms with E-state index < -0.39 is 125 Å². The van der Waals surface area contributed by atoms with Crippen LogP contribution in [0, 0.1) is 0 Å². The van der Waals surface area contributed by atoms with Gasteiger partial charge in [0.2, 0.25) is 0 Å². The van der Waals surface area contributed by atoms with E-state index in [0.717, 1.165) is 0 Å².